The van der Waals surface area contributed by atoms with Gasteiger partial charge in [-0.2, -0.15) is 0 Å². The second-order valence-electron chi connectivity index (χ2n) is 5.41. The van der Waals surface area contributed by atoms with Crippen LogP contribution in [0.3, 0.4) is 0 Å². The Morgan fingerprint density at radius 1 is 1.37 bits per heavy atom. The van der Waals surface area contributed by atoms with Crippen molar-refractivity contribution < 1.29 is 19.5 Å². The number of nitrogens with zero attached hydrogens (tertiary/aromatic N) is 1. The number of carboxylic acid groups (broad SMARTS) is 1. The molecule has 0 aromatic heterocycles. The predicted molar refractivity (Wildman–Crippen MR) is 69.4 cm³/mol. The van der Waals surface area contributed by atoms with Gasteiger partial charge in [0.1, 0.15) is 0 Å². The van der Waals surface area contributed by atoms with E-state index in [1.807, 2.05) is 0 Å². The number of aliphatic carboxylic acids is 1. The van der Waals surface area contributed by atoms with E-state index in [4.69, 9.17) is 0 Å². The molecule has 0 aromatic carbocycles. The standard InChI is InChI=1S/C13H22N2O4/c1-9(11(17)14-2)8-15(3)10(16)7-13(12(18)19)5-4-6-13/h9H,4-8H2,1-3H3,(H,14,17)(H,18,19). The molecule has 2 amide bonds. The smallest absolute Gasteiger partial charge is 0.310 e. The number of hydrogen-bond donors (Lipinski definition) is 2. The van der Waals surface area contributed by atoms with Crippen LogP contribution in [-0.4, -0.2) is 48.4 Å². The van der Waals surface area contributed by atoms with Crippen molar-refractivity contribution >= 4 is 17.8 Å². The minimum atomic E-state index is -0.889. The van der Waals surface area contributed by atoms with Gasteiger partial charge in [0.05, 0.1) is 11.3 Å². The lowest BCUT2D eigenvalue weighted by Gasteiger charge is -2.38. The second kappa shape index (κ2) is 6.04. The number of hydrogen-bond acceptors (Lipinski definition) is 3. The van der Waals surface area contributed by atoms with Crippen LogP contribution >= 0.6 is 0 Å². The Hall–Kier alpha value is -1.59. The third kappa shape index (κ3) is 3.45. The maximum atomic E-state index is 12.0. The topological polar surface area (TPSA) is 86.7 Å². The first-order chi connectivity index (χ1) is 8.82. The average molecular weight is 270 g/mol. The zero-order chi connectivity index (χ0) is 14.6. The van der Waals surface area contributed by atoms with Gasteiger partial charge >= 0.3 is 5.97 Å². The van der Waals surface area contributed by atoms with Crippen molar-refractivity contribution in [3.05, 3.63) is 0 Å². The Kier molecular flexibility index (Phi) is 4.91. The highest BCUT2D eigenvalue weighted by atomic mass is 16.4. The molecular weight excluding hydrogens is 248 g/mol. The molecule has 19 heavy (non-hydrogen) atoms. The fraction of sp³-hybridized carbons (Fsp3) is 0.769. The van der Waals surface area contributed by atoms with Gasteiger partial charge in [0.15, 0.2) is 0 Å². The monoisotopic (exact) mass is 270 g/mol. The van der Waals surface area contributed by atoms with E-state index in [0.717, 1.165) is 6.42 Å². The maximum absolute atomic E-state index is 12.0. The Balaban J connectivity index is 2.53. The van der Waals surface area contributed by atoms with E-state index in [9.17, 15) is 19.5 Å². The molecule has 0 aromatic rings. The van der Waals surface area contributed by atoms with Gasteiger partial charge in [0.25, 0.3) is 0 Å². The molecular formula is C13H22N2O4. The van der Waals surface area contributed by atoms with E-state index in [1.165, 1.54) is 4.90 Å². The van der Waals surface area contributed by atoms with Crippen LogP contribution in [0.15, 0.2) is 0 Å². The first-order valence-electron chi connectivity index (χ1n) is 6.51. The molecule has 0 heterocycles. The molecule has 2 N–H and O–H groups in total. The quantitative estimate of drug-likeness (QED) is 0.734. The summed E-state index contributed by atoms with van der Waals surface area (Å²) in [6.45, 7) is 2.03. The summed E-state index contributed by atoms with van der Waals surface area (Å²) in [5.74, 6) is -1.53. The molecule has 0 saturated heterocycles. The van der Waals surface area contributed by atoms with Crippen molar-refractivity contribution in [3.63, 3.8) is 0 Å². The molecule has 1 aliphatic rings. The van der Waals surface area contributed by atoms with E-state index >= 15 is 0 Å². The van der Waals surface area contributed by atoms with Crippen LogP contribution in [0.2, 0.25) is 0 Å². The van der Waals surface area contributed by atoms with E-state index in [1.54, 1.807) is 21.0 Å². The van der Waals surface area contributed by atoms with E-state index in [-0.39, 0.29) is 24.2 Å². The van der Waals surface area contributed by atoms with Gasteiger partial charge in [0.2, 0.25) is 11.8 Å². The summed E-state index contributed by atoms with van der Waals surface area (Å²) in [6, 6.07) is 0. The Bertz CT molecular complexity index is 377. The molecule has 6 heteroatoms. The molecule has 0 bridgehead atoms. The third-order valence-corrected chi connectivity index (χ3v) is 3.92. The molecule has 1 saturated carbocycles. The van der Waals surface area contributed by atoms with Crippen molar-refractivity contribution in [2.24, 2.45) is 11.3 Å². The highest BCUT2D eigenvalue weighted by Crippen LogP contribution is 2.44. The van der Waals surface area contributed by atoms with Crippen LogP contribution in [0.5, 0.6) is 0 Å². The van der Waals surface area contributed by atoms with Gasteiger partial charge in [-0.1, -0.05) is 13.3 Å². The zero-order valence-corrected chi connectivity index (χ0v) is 11.7. The van der Waals surface area contributed by atoms with Gasteiger partial charge in [0, 0.05) is 27.1 Å². The van der Waals surface area contributed by atoms with E-state index in [2.05, 4.69) is 5.32 Å². The molecule has 1 unspecified atom stereocenters. The van der Waals surface area contributed by atoms with Crippen LogP contribution in [0, 0.1) is 11.3 Å². The molecule has 108 valence electrons. The second-order valence-corrected chi connectivity index (χ2v) is 5.41. The minimum absolute atomic E-state index is 0.0271. The number of rotatable bonds is 6. The average Bonchev–Trinajstić information content (AvgIpc) is 2.31. The Morgan fingerprint density at radius 2 is 1.95 bits per heavy atom. The van der Waals surface area contributed by atoms with Crippen LogP contribution in [0.1, 0.15) is 32.6 Å². The molecule has 1 rings (SSSR count). The summed E-state index contributed by atoms with van der Waals surface area (Å²) < 4.78 is 0. The fourth-order valence-corrected chi connectivity index (χ4v) is 2.34. The van der Waals surface area contributed by atoms with Gasteiger partial charge < -0.3 is 15.3 Å². The molecule has 1 aliphatic carbocycles. The molecule has 1 fully saturated rings. The number of nitrogens with one attached hydrogen (secondary N) is 1. The molecule has 1 atom stereocenters. The van der Waals surface area contributed by atoms with Gasteiger partial charge in [-0.25, -0.2) is 0 Å². The summed E-state index contributed by atoms with van der Waals surface area (Å²) in [7, 11) is 3.16. The SMILES string of the molecule is CNC(=O)C(C)CN(C)C(=O)CC1(C(=O)O)CCC1. The number of carbonyl (C=O) groups is 3. The fourth-order valence-electron chi connectivity index (χ4n) is 2.34. The number of amides is 2. The third-order valence-electron chi connectivity index (χ3n) is 3.92. The molecule has 0 aliphatic heterocycles. The molecule has 0 radical (unpaired) electrons. The van der Waals surface area contributed by atoms with Crippen molar-refractivity contribution in [2.45, 2.75) is 32.6 Å². The van der Waals surface area contributed by atoms with Gasteiger partial charge in [-0.15, -0.1) is 0 Å². The summed E-state index contributed by atoms with van der Waals surface area (Å²) >= 11 is 0. The number of carbonyl (C=O) groups excluding carboxylic acids is 2. The maximum Gasteiger partial charge on any atom is 0.310 e. The van der Waals surface area contributed by atoms with Crippen LogP contribution in [-0.2, 0) is 14.4 Å². The summed E-state index contributed by atoms with van der Waals surface area (Å²) in [5, 5.41) is 11.7. The first kappa shape index (κ1) is 15.5. The van der Waals surface area contributed by atoms with Crippen molar-refractivity contribution in [3.8, 4) is 0 Å². The number of carboxylic acids is 1. The largest absolute Gasteiger partial charge is 0.481 e. The van der Waals surface area contributed by atoms with Crippen molar-refractivity contribution in [2.75, 3.05) is 20.6 Å². The van der Waals surface area contributed by atoms with E-state index in [0.29, 0.717) is 19.4 Å². The summed E-state index contributed by atoms with van der Waals surface area (Å²) in [5.41, 5.74) is -0.873. The van der Waals surface area contributed by atoms with Crippen molar-refractivity contribution in [1.29, 1.82) is 0 Å². The lowest BCUT2D eigenvalue weighted by molar-refractivity contribution is -0.159. The van der Waals surface area contributed by atoms with Crippen molar-refractivity contribution in [1.82, 2.24) is 10.2 Å². The normalized spacial score (nSPS) is 18.1. The Morgan fingerprint density at radius 3 is 2.32 bits per heavy atom. The highest BCUT2D eigenvalue weighted by molar-refractivity contribution is 5.86. The first-order valence-corrected chi connectivity index (χ1v) is 6.51. The lowest BCUT2D eigenvalue weighted by Crippen LogP contribution is -2.44. The lowest BCUT2D eigenvalue weighted by atomic mass is 9.66. The molecule has 0 spiro atoms. The predicted octanol–water partition coefficient (Wildman–Crippen LogP) is 0.472. The van der Waals surface area contributed by atoms with Gasteiger partial charge in [-0.3, -0.25) is 14.4 Å². The van der Waals surface area contributed by atoms with Crippen LogP contribution in [0.25, 0.3) is 0 Å². The van der Waals surface area contributed by atoms with E-state index < -0.39 is 11.4 Å². The zero-order valence-electron chi connectivity index (χ0n) is 11.7. The van der Waals surface area contributed by atoms with Crippen LogP contribution in [0.4, 0.5) is 0 Å². The Labute approximate surface area is 113 Å². The highest BCUT2D eigenvalue weighted by Gasteiger charge is 2.46. The summed E-state index contributed by atoms with van der Waals surface area (Å²) in [6.07, 6.45) is 2.01. The minimum Gasteiger partial charge on any atom is -0.481 e. The van der Waals surface area contributed by atoms with Gasteiger partial charge in [-0.05, 0) is 12.8 Å². The summed E-state index contributed by atoms with van der Waals surface area (Å²) in [4.78, 5) is 36.1. The molecule has 6 nitrogen and oxygen atoms in total. The van der Waals surface area contributed by atoms with Crippen LogP contribution < -0.4 is 5.32 Å².